The Morgan fingerprint density at radius 3 is 2.24 bits per heavy atom. The first-order chi connectivity index (χ1) is 12.1. The number of hydrogen-bond donors (Lipinski definition) is 4. The van der Waals surface area contributed by atoms with Crippen LogP contribution in [0, 0.1) is 10.8 Å². The second-order valence-electron chi connectivity index (χ2n) is 5.81. The minimum atomic E-state index is -0.479. The van der Waals surface area contributed by atoms with Gasteiger partial charge in [-0.15, -0.1) is 0 Å². The smallest absolute Gasteiger partial charge is 0.269 e. The van der Waals surface area contributed by atoms with Gasteiger partial charge in [0.1, 0.15) is 5.71 Å². The van der Waals surface area contributed by atoms with Crippen molar-refractivity contribution >= 4 is 28.7 Å². The molecule has 0 aliphatic heterocycles. The van der Waals surface area contributed by atoms with E-state index in [1.165, 1.54) is 0 Å². The molecule has 1 amide bonds. The Kier molecular flexibility index (Phi) is 6.89. The van der Waals surface area contributed by atoms with Gasteiger partial charge in [0.2, 0.25) is 0 Å². The molecule has 5 nitrogen and oxygen atoms in total. The number of carbonyl (C=O) groups is 1. The monoisotopic (exact) mass is 336 g/mol. The predicted molar refractivity (Wildman–Crippen MR) is 104 cm³/mol. The van der Waals surface area contributed by atoms with Gasteiger partial charge in [0, 0.05) is 30.1 Å². The fourth-order valence-corrected chi connectivity index (χ4v) is 2.29. The van der Waals surface area contributed by atoms with E-state index >= 15 is 0 Å². The Hall–Kier alpha value is -2.95. The van der Waals surface area contributed by atoms with Crippen LogP contribution in [0.5, 0.6) is 0 Å². The zero-order valence-corrected chi connectivity index (χ0v) is 14.4. The first-order valence-corrected chi connectivity index (χ1v) is 8.45. The third-order valence-electron chi connectivity index (χ3n) is 3.75. The van der Waals surface area contributed by atoms with Crippen LogP contribution in [0.25, 0.3) is 0 Å². The van der Waals surface area contributed by atoms with Crippen molar-refractivity contribution in [2.45, 2.75) is 26.2 Å². The zero-order chi connectivity index (χ0) is 18.1. The minimum Gasteiger partial charge on any atom is -0.385 e. The van der Waals surface area contributed by atoms with E-state index in [1.807, 2.05) is 42.5 Å². The van der Waals surface area contributed by atoms with Gasteiger partial charge in [-0.25, -0.2) is 0 Å². The third kappa shape index (κ3) is 5.88. The molecule has 2 rings (SSSR count). The van der Waals surface area contributed by atoms with Gasteiger partial charge in [-0.2, -0.15) is 0 Å². The molecule has 0 aliphatic rings. The molecule has 0 aliphatic carbocycles. The summed E-state index contributed by atoms with van der Waals surface area (Å²) < 4.78 is 0. The normalized spacial score (nSPS) is 10.1. The molecule has 0 saturated heterocycles. The fraction of sp³-hybridized carbons (Fsp3) is 0.250. The van der Waals surface area contributed by atoms with E-state index in [0.29, 0.717) is 5.69 Å². The van der Waals surface area contributed by atoms with Crippen molar-refractivity contribution in [3.05, 3.63) is 60.2 Å². The van der Waals surface area contributed by atoms with Crippen molar-refractivity contribution in [2.24, 2.45) is 0 Å². The summed E-state index contributed by atoms with van der Waals surface area (Å²) in [5.41, 5.74) is 2.51. The van der Waals surface area contributed by atoms with Gasteiger partial charge in [0.15, 0.2) is 0 Å². The lowest BCUT2D eigenvalue weighted by Gasteiger charge is -2.09. The minimum absolute atomic E-state index is 0.00645. The van der Waals surface area contributed by atoms with E-state index in [4.69, 9.17) is 10.8 Å². The summed E-state index contributed by atoms with van der Waals surface area (Å²) in [6.45, 7) is 3.07. The second-order valence-corrected chi connectivity index (χ2v) is 5.81. The summed E-state index contributed by atoms with van der Waals surface area (Å²) in [6, 6.07) is 16.6. The molecule has 130 valence electrons. The van der Waals surface area contributed by atoms with Crippen molar-refractivity contribution in [3.8, 4) is 0 Å². The number of hydrogen-bond acceptors (Lipinski definition) is 4. The molecule has 0 spiro atoms. The van der Waals surface area contributed by atoms with Crippen molar-refractivity contribution in [2.75, 3.05) is 17.2 Å². The molecule has 0 fully saturated rings. The number of rotatable bonds is 9. The third-order valence-corrected chi connectivity index (χ3v) is 3.75. The van der Waals surface area contributed by atoms with E-state index in [9.17, 15) is 4.79 Å². The number of amides is 1. The van der Waals surface area contributed by atoms with Gasteiger partial charge >= 0.3 is 0 Å². The topological polar surface area (TPSA) is 88.8 Å². The van der Waals surface area contributed by atoms with Crippen LogP contribution in [-0.2, 0) is 4.79 Å². The van der Waals surface area contributed by atoms with E-state index in [1.54, 1.807) is 12.1 Å². The van der Waals surface area contributed by atoms with Gasteiger partial charge in [-0.1, -0.05) is 43.7 Å². The lowest BCUT2D eigenvalue weighted by molar-refractivity contribution is -0.110. The van der Waals surface area contributed by atoms with Crippen molar-refractivity contribution < 1.29 is 4.79 Å². The van der Waals surface area contributed by atoms with Gasteiger partial charge in [0.05, 0.1) is 0 Å². The van der Waals surface area contributed by atoms with Crippen LogP contribution in [0.1, 0.15) is 31.7 Å². The number of carbonyl (C=O) groups excluding carboxylic acids is 1. The largest absolute Gasteiger partial charge is 0.385 e. The van der Waals surface area contributed by atoms with E-state index < -0.39 is 5.91 Å². The highest BCUT2D eigenvalue weighted by Gasteiger charge is 2.13. The zero-order valence-electron chi connectivity index (χ0n) is 14.4. The predicted octanol–water partition coefficient (Wildman–Crippen LogP) is 4.32. The Bertz CT molecular complexity index is 723. The van der Waals surface area contributed by atoms with Crippen LogP contribution in [0.2, 0.25) is 0 Å². The molecule has 4 N–H and O–H groups in total. The quantitative estimate of drug-likeness (QED) is 0.406. The Morgan fingerprint density at radius 2 is 1.60 bits per heavy atom. The molecule has 2 aromatic rings. The molecule has 0 radical (unpaired) electrons. The maximum Gasteiger partial charge on any atom is 0.269 e. The highest BCUT2D eigenvalue weighted by Crippen LogP contribution is 2.14. The molecule has 0 atom stereocenters. The van der Waals surface area contributed by atoms with Crippen LogP contribution < -0.4 is 10.6 Å². The molecule has 0 unspecified atom stereocenters. The molecule has 2 aromatic carbocycles. The Labute approximate surface area is 148 Å². The maximum absolute atomic E-state index is 12.1. The number of unbranched alkanes of at least 4 members (excludes halogenated alkanes) is 1. The highest BCUT2D eigenvalue weighted by atomic mass is 16.1. The van der Waals surface area contributed by atoms with Crippen LogP contribution in [0.15, 0.2) is 54.6 Å². The summed E-state index contributed by atoms with van der Waals surface area (Å²) in [6.07, 6.45) is 2.26. The molecule has 25 heavy (non-hydrogen) atoms. The summed E-state index contributed by atoms with van der Waals surface area (Å²) in [7, 11) is 0. The second kappa shape index (κ2) is 9.37. The summed E-state index contributed by atoms with van der Waals surface area (Å²) in [4.78, 5) is 12.1. The molecule has 0 aromatic heterocycles. The van der Waals surface area contributed by atoms with Gasteiger partial charge in [-0.05, 0) is 36.2 Å². The lowest BCUT2D eigenvalue weighted by Crippen LogP contribution is -2.24. The molecule has 0 saturated carbocycles. The van der Waals surface area contributed by atoms with Crippen molar-refractivity contribution in [3.63, 3.8) is 0 Å². The summed E-state index contributed by atoms with van der Waals surface area (Å²) in [5.74, 6) is -0.479. The average molecular weight is 336 g/mol. The van der Waals surface area contributed by atoms with Gasteiger partial charge in [-0.3, -0.25) is 10.2 Å². The van der Waals surface area contributed by atoms with E-state index in [-0.39, 0.29) is 17.8 Å². The van der Waals surface area contributed by atoms with E-state index in [2.05, 4.69) is 17.6 Å². The standard InChI is InChI=1S/C20H24N4O/c1-2-3-13-23-16-9-11-17(12-10-16)24-20(25)19(22)14-18(21)15-7-5-4-6-8-15/h4-12,21-23H,2-3,13-14H2,1H3,(H,24,25). The van der Waals surface area contributed by atoms with Crippen LogP contribution in [-0.4, -0.2) is 23.9 Å². The SMILES string of the molecule is CCCCNc1ccc(NC(=O)C(=N)CC(=N)c2ccccc2)cc1. The molecular weight excluding hydrogens is 312 g/mol. The number of nitrogens with one attached hydrogen (secondary N) is 4. The highest BCUT2D eigenvalue weighted by molar-refractivity contribution is 6.45. The lowest BCUT2D eigenvalue weighted by atomic mass is 10.0. The van der Waals surface area contributed by atoms with E-state index in [0.717, 1.165) is 30.6 Å². The maximum atomic E-state index is 12.1. The average Bonchev–Trinajstić information content (AvgIpc) is 2.64. The van der Waals surface area contributed by atoms with Crippen LogP contribution >= 0.6 is 0 Å². The first kappa shape index (κ1) is 18.4. The van der Waals surface area contributed by atoms with Crippen molar-refractivity contribution in [1.82, 2.24) is 0 Å². The molecule has 5 heteroatoms. The Balaban J connectivity index is 1.86. The number of anilines is 2. The van der Waals surface area contributed by atoms with Gasteiger partial charge in [0.25, 0.3) is 5.91 Å². The fourth-order valence-electron chi connectivity index (χ4n) is 2.29. The number of benzene rings is 2. The van der Waals surface area contributed by atoms with Crippen LogP contribution in [0.4, 0.5) is 11.4 Å². The summed E-state index contributed by atoms with van der Waals surface area (Å²) >= 11 is 0. The van der Waals surface area contributed by atoms with Gasteiger partial charge < -0.3 is 16.0 Å². The molecule has 0 heterocycles. The first-order valence-electron chi connectivity index (χ1n) is 8.45. The molecular formula is C20H24N4O. The summed E-state index contributed by atoms with van der Waals surface area (Å²) in [5, 5.41) is 21.9. The van der Waals surface area contributed by atoms with Crippen molar-refractivity contribution in [1.29, 1.82) is 10.8 Å². The Morgan fingerprint density at radius 1 is 0.960 bits per heavy atom. The molecule has 0 bridgehead atoms. The van der Waals surface area contributed by atoms with Crippen LogP contribution in [0.3, 0.4) is 0 Å².